The van der Waals surface area contributed by atoms with Crippen LogP contribution in [-0.2, 0) is 6.18 Å². The number of alkyl halides is 3. The van der Waals surface area contributed by atoms with Gasteiger partial charge in [0.2, 0.25) is 0 Å². The topological polar surface area (TPSA) is 9.23 Å². The lowest BCUT2D eigenvalue weighted by molar-refractivity contribution is -0.139. The van der Waals surface area contributed by atoms with Crippen molar-refractivity contribution in [2.45, 2.75) is 33.4 Å². The van der Waals surface area contributed by atoms with E-state index in [1.807, 2.05) is 20.8 Å². The molecule has 0 N–H and O–H groups in total. The lowest BCUT2D eigenvalue weighted by Gasteiger charge is -2.19. The van der Waals surface area contributed by atoms with Gasteiger partial charge in [0, 0.05) is 5.02 Å². The molecule has 5 heteroatoms. The highest BCUT2D eigenvalue weighted by molar-refractivity contribution is 6.30. The quantitative estimate of drug-likeness (QED) is 0.742. The van der Waals surface area contributed by atoms with E-state index in [-0.39, 0.29) is 22.8 Å². The number of hydrogen-bond donors (Lipinski definition) is 0. The van der Waals surface area contributed by atoms with E-state index in [4.69, 9.17) is 16.3 Å². The first-order valence-electron chi connectivity index (χ1n) is 5.59. The molecule has 0 bridgehead atoms. The van der Waals surface area contributed by atoms with Crippen LogP contribution in [-0.4, -0.2) is 6.61 Å². The molecule has 1 nitrogen and oxygen atoms in total. The fourth-order valence-corrected chi connectivity index (χ4v) is 1.49. The summed E-state index contributed by atoms with van der Waals surface area (Å²) in [6, 6.07) is 3.53. The minimum Gasteiger partial charge on any atom is -0.493 e. The van der Waals surface area contributed by atoms with Gasteiger partial charge in [0.05, 0.1) is 12.2 Å². The van der Waals surface area contributed by atoms with Gasteiger partial charge in [-0.25, -0.2) is 0 Å². The SMILES string of the molecule is CC(C)(C)CCOc1ccc(Cl)cc1C(F)(F)F. The van der Waals surface area contributed by atoms with E-state index in [1.165, 1.54) is 12.1 Å². The second-order valence-electron chi connectivity index (χ2n) is 5.30. The molecule has 0 saturated carbocycles. The molecule has 0 spiro atoms. The van der Waals surface area contributed by atoms with Crippen LogP contribution >= 0.6 is 11.6 Å². The van der Waals surface area contributed by atoms with Crippen molar-refractivity contribution >= 4 is 11.6 Å². The fraction of sp³-hybridized carbons (Fsp3) is 0.538. The van der Waals surface area contributed by atoms with E-state index in [2.05, 4.69) is 0 Å². The lowest BCUT2D eigenvalue weighted by atomic mass is 9.93. The zero-order chi connectivity index (χ0) is 14.0. The van der Waals surface area contributed by atoms with Crippen LogP contribution in [0.15, 0.2) is 18.2 Å². The molecule has 0 aromatic heterocycles. The predicted octanol–water partition coefficient (Wildman–Crippen LogP) is 5.17. The molecule has 1 aromatic rings. The van der Waals surface area contributed by atoms with Crippen molar-refractivity contribution in [3.8, 4) is 5.75 Å². The average molecular weight is 281 g/mol. The summed E-state index contributed by atoms with van der Waals surface area (Å²) in [6.45, 7) is 6.25. The Bertz CT molecular complexity index is 408. The van der Waals surface area contributed by atoms with Gasteiger partial charge >= 0.3 is 6.18 Å². The summed E-state index contributed by atoms with van der Waals surface area (Å²) < 4.78 is 43.5. The van der Waals surface area contributed by atoms with Gasteiger partial charge in [-0.1, -0.05) is 32.4 Å². The van der Waals surface area contributed by atoms with E-state index in [1.54, 1.807) is 0 Å². The molecule has 1 rings (SSSR count). The average Bonchev–Trinajstić information content (AvgIpc) is 2.17. The van der Waals surface area contributed by atoms with Gasteiger partial charge in [-0.2, -0.15) is 13.2 Å². The van der Waals surface area contributed by atoms with Crippen LogP contribution in [0.2, 0.25) is 5.02 Å². The molecule has 102 valence electrons. The molecular weight excluding hydrogens is 265 g/mol. The van der Waals surface area contributed by atoms with Crippen molar-refractivity contribution in [3.63, 3.8) is 0 Å². The molecule has 0 aliphatic carbocycles. The minimum atomic E-state index is -4.46. The van der Waals surface area contributed by atoms with Gasteiger partial charge in [0.25, 0.3) is 0 Å². The van der Waals surface area contributed by atoms with Gasteiger partial charge in [0.15, 0.2) is 0 Å². The zero-order valence-corrected chi connectivity index (χ0v) is 11.3. The summed E-state index contributed by atoms with van der Waals surface area (Å²) in [5.74, 6) is -0.170. The van der Waals surface area contributed by atoms with Crippen molar-refractivity contribution in [1.29, 1.82) is 0 Å². The van der Waals surface area contributed by atoms with Gasteiger partial charge < -0.3 is 4.74 Å². The van der Waals surface area contributed by atoms with Gasteiger partial charge in [-0.15, -0.1) is 0 Å². The van der Waals surface area contributed by atoms with E-state index in [9.17, 15) is 13.2 Å². The molecule has 0 aliphatic rings. The Morgan fingerprint density at radius 3 is 2.28 bits per heavy atom. The number of halogens is 4. The first-order valence-corrected chi connectivity index (χ1v) is 5.97. The van der Waals surface area contributed by atoms with Gasteiger partial charge in [-0.05, 0) is 30.0 Å². The Kier molecular flexibility index (Phi) is 4.54. The lowest BCUT2D eigenvalue weighted by Crippen LogP contribution is -2.13. The Morgan fingerprint density at radius 2 is 1.78 bits per heavy atom. The van der Waals surface area contributed by atoms with E-state index in [0.29, 0.717) is 6.42 Å². The van der Waals surface area contributed by atoms with Crippen LogP contribution in [0, 0.1) is 5.41 Å². The first kappa shape index (κ1) is 15.2. The monoisotopic (exact) mass is 280 g/mol. The fourth-order valence-electron chi connectivity index (χ4n) is 1.32. The number of hydrogen-bond acceptors (Lipinski definition) is 1. The van der Waals surface area contributed by atoms with Crippen molar-refractivity contribution in [1.82, 2.24) is 0 Å². The maximum absolute atomic E-state index is 12.8. The molecular formula is C13H16ClF3O. The van der Waals surface area contributed by atoms with Crippen LogP contribution in [0.5, 0.6) is 5.75 Å². The largest absolute Gasteiger partial charge is 0.493 e. The maximum Gasteiger partial charge on any atom is 0.420 e. The van der Waals surface area contributed by atoms with E-state index in [0.717, 1.165) is 6.07 Å². The Labute approximate surface area is 110 Å². The Morgan fingerprint density at radius 1 is 1.17 bits per heavy atom. The maximum atomic E-state index is 12.8. The first-order chi connectivity index (χ1) is 8.09. The summed E-state index contributed by atoms with van der Waals surface area (Å²) in [4.78, 5) is 0. The van der Waals surface area contributed by atoms with E-state index >= 15 is 0 Å². The third-order valence-corrected chi connectivity index (χ3v) is 2.59. The summed E-state index contributed by atoms with van der Waals surface area (Å²) in [7, 11) is 0. The summed E-state index contributed by atoms with van der Waals surface area (Å²) in [5.41, 5.74) is -0.811. The molecule has 0 amide bonds. The molecule has 0 fully saturated rings. The number of ether oxygens (including phenoxy) is 1. The van der Waals surface area contributed by atoms with Crippen LogP contribution in [0.3, 0.4) is 0 Å². The molecule has 18 heavy (non-hydrogen) atoms. The molecule has 0 atom stereocenters. The molecule has 0 saturated heterocycles. The molecule has 0 unspecified atom stereocenters. The third kappa shape index (κ3) is 4.77. The second kappa shape index (κ2) is 5.39. The molecule has 0 heterocycles. The van der Waals surface area contributed by atoms with Gasteiger partial charge in [0.1, 0.15) is 5.75 Å². The Balaban J connectivity index is 2.83. The molecule has 0 aliphatic heterocycles. The van der Waals surface area contributed by atoms with E-state index < -0.39 is 11.7 Å². The van der Waals surface area contributed by atoms with Crippen LogP contribution < -0.4 is 4.74 Å². The minimum absolute atomic E-state index is 0.0187. The zero-order valence-electron chi connectivity index (χ0n) is 10.6. The van der Waals surface area contributed by atoms with Crippen molar-refractivity contribution in [2.75, 3.05) is 6.61 Å². The molecule has 0 radical (unpaired) electrons. The molecule has 1 aromatic carbocycles. The normalized spacial score (nSPS) is 12.6. The smallest absolute Gasteiger partial charge is 0.420 e. The van der Waals surface area contributed by atoms with Crippen LogP contribution in [0.25, 0.3) is 0 Å². The van der Waals surface area contributed by atoms with Crippen molar-refractivity contribution < 1.29 is 17.9 Å². The highest BCUT2D eigenvalue weighted by Crippen LogP contribution is 2.38. The van der Waals surface area contributed by atoms with Crippen molar-refractivity contribution in [2.24, 2.45) is 5.41 Å². The highest BCUT2D eigenvalue weighted by Gasteiger charge is 2.34. The van der Waals surface area contributed by atoms with Gasteiger partial charge in [-0.3, -0.25) is 0 Å². The number of rotatable bonds is 3. The summed E-state index contributed by atoms with van der Waals surface area (Å²) in [5, 5.41) is 0.0468. The third-order valence-electron chi connectivity index (χ3n) is 2.36. The predicted molar refractivity (Wildman–Crippen MR) is 66.0 cm³/mol. The van der Waals surface area contributed by atoms with Crippen LogP contribution in [0.1, 0.15) is 32.8 Å². The standard InChI is InChI=1S/C13H16ClF3O/c1-12(2,3)6-7-18-11-5-4-9(14)8-10(11)13(15,16)17/h4-5,8H,6-7H2,1-3H3. The highest BCUT2D eigenvalue weighted by atomic mass is 35.5. The summed E-state index contributed by atoms with van der Waals surface area (Å²) >= 11 is 5.57. The second-order valence-corrected chi connectivity index (χ2v) is 5.73. The van der Waals surface area contributed by atoms with Crippen molar-refractivity contribution in [3.05, 3.63) is 28.8 Å². The number of benzene rings is 1. The Hall–Kier alpha value is -0.900. The van der Waals surface area contributed by atoms with Crippen LogP contribution in [0.4, 0.5) is 13.2 Å². The summed E-state index contributed by atoms with van der Waals surface area (Å²) in [6.07, 6.45) is -3.78.